The van der Waals surface area contributed by atoms with E-state index in [4.69, 9.17) is 16.3 Å². The predicted octanol–water partition coefficient (Wildman–Crippen LogP) is 4.30. The van der Waals surface area contributed by atoms with E-state index in [1.807, 2.05) is 13.8 Å². The van der Waals surface area contributed by atoms with E-state index < -0.39 is 11.6 Å². The minimum atomic E-state index is -0.807. The summed E-state index contributed by atoms with van der Waals surface area (Å²) in [6, 6.07) is 5.07. The van der Waals surface area contributed by atoms with Crippen LogP contribution in [-0.2, 0) is 6.54 Å². The monoisotopic (exact) mass is 312 g/mol. The van der Waals surface area contributed by atoms with Crippen LogP contribution in [0.5, 0.6) is 11.6 Å². The number of hydrogen-bond acceptors (Lipinski definition) is 3. The van der Waals surface area contributed by atoms with E-state index >= 15 is 0 Å². The van der Waals surface area contributed by atoms with Gasteiger partial charge in [0.25, 0.3) is 0 Å². The van der Waals surface area contributed by atoms with Crippen molar-refractivity contribution in [2.24, 2.45) is 0 Å². The van der Waals surface area contributed by atoms with Crippen molar-refractivity contribution in [2.45, 2.75) is 26.4 Å². The van der Waals surface area contributed by atoms with Crippen molar-refractivity contribution in [3.05, 3.63) is 52.7 Å². The Balaban J connectivity index is 2.13. The van der Waals surface area contributed by atoms with Crippen LogP contribution in [0.25, 0.3) is 0 Å². The summed E-state index contributed by atoms with van der Waals surface area (Å²) in [6.07, 6.45) is 1.60. The zero-order chi connectivity index (χ0) is 15.4. The molecule has 0 saturated heterocycles. The van der Waals surface area contributed by atoms with E-state index in [2.05, 4.69) is 10.3 Å². The Hall–Kier alpha value is -1.72. The molecule has 6 heteroatoms. The number of nitrogens with one attached hydrogen (secondary N) is 1. The van der Waals surface area contributed by atoms with Crippen molar-refractivity contribution in [1.29, 1.82) is 0 Å². The number of halogens is 3. The first kappa shape index (κ1) is 15.7. The van der Waals surface area contributed by atoms with E-state index in [9.17, 15) is 8.78 Å². The molecule has 0 spiro atoms. The maximum absolute atomic E-state index is 13.5. The number of benzene rings is 1. The molecule has 0 atom stereocenters. The molecule has 0 bridgehead atoms. The van der Waals surface area contributed by atoms with Gasteiger partial charge in [-0.05, 0) is 23.8 Å². The van der Waals surface area contributed by atoms with Gasteiger partial charge < -0.3 is 10.1 Å². The highest BCUT2D eigenvalue weighted by Crippen LogP contribution is 2.29. The van der Waals surface area contributed by atoms with Gasteiger partial charge in [0.1, 0.15) is 10.8 Å². The lowest BCUT2D eigenvalue weighted by molar-refractivity contribution is 0.423. The first-order chi connectivity index (χ1) is 9.95. The Morgan fingerprint density at radius 1 is 1.29 bits per heavy atom. The molecule has 1 N–H and O–H groups in total. The molecule has 3 nitrogen and oxygen atoms in total. The van der Waals surface area contributed by atoms with Crippen molar-refractivity contribution < 1.29 is 13.5 Å². The standard InChI is InChI=1S/C15H15ClF2N2O/c1-9(2)19-7-10-5-12(16)15(20-8-10)21-14-4-3-11(17)6-13(14)18/h3-6,8-9,19H,7H2,1-2H3. The number of rotatable bonds is 5. The summed E-state index contributed by atoms with van der Waals surface area (Å²) < 4.78 is 31.6. The Kier molecular flexibility index (Phi) is 5.09. The summed E-state index contributed by atoms with van der Waals surface area (Å²) in [7, 11) is 0. The summed E-state index contributed by atoms with van der Waals surface area (Å²) >= 11 is 6.07. The molecule has 1 heterocycles. The highest BCUT2D eigenvalue weighted by molar-refractivity contribution is 6.31. The smallest absolute Gasteiger partial charge is 0.238 e. The molecule has 1 aromatic heterocycles. The highest BCUT2D eigenvalue weighted by atomic mass is 35.5. The van der Waals surface area contributed by atoms with Crippen LogP contribution in [0.1, 0.15) is 19.4 Å². The molecule has 0 amide bonds. The lowest BCUT2D eigenvalue weighted by atomic mass is 10.2. The van der Waals surface area contributed by atoms with E-state index in [-0.39, 0.29) is 16.7 Å². The minimum absolute atomic E-state index is 0.0791. The molecule has 2 rings (SSSR count). The summed E-state index contributed by atoms with van der Waals surface area (Å²) in [5.41, 5.74) is 0.889. The van der Waals surface area contributed by atoms with Gasteiger partial charge in [-0.25, -0.2) is 13.8 Å². The van der Waals surface area contributed by atoms with Crippen LogP contribution in [0.2, 0.25) is 5.02 Å². The van der Waals surface area contributed by atoms with Gasteiger partial charge in [0.15, 0.2) is 11.6 Å². The quantitative estimate of drug-likeness (QED) is 0.893. The molecular formula is C15H15ClF2N2O. The zero-order valence-corrected chi connectivity index (χ0v) is 12.4. The number of ether oxygens (including phenoxy) is 1. The van der Waals surface area contributed by atoms with E-state index in [0.29, 0.717) is 12.6 Å². The molecule has 0 aliphatic heterocycles. The Morgan fingerprint density at radius 3 is 2.67 bits per heavy atom. The molecule has 0 saturated carbocycles. The largest absolute Gasteiger partial charge is 0.434 e. The van der Waals surface area contributed by atoms with Gasteiger partial charge >= 0.3 is 0 Å². The molecule has 0 radical (unpaired) electrons. The number of aromatic nitrogens is 1. The van der Waals surface area contributed by atoms with Gasteiger partial charge in [-0.3, -0.25) is 0 Å². The second-order valence-electron chi connectivity index (χ2n) is 4.84. The third kappa shape index (κ3) is 4.37. The summed E-state index contributed by atoms with van der Waals surface area (Å²) in [6.45, 7) is 4.68. The molecule has 1 aromatic carbocycles. The molecule has 0 aliphatic rings. The fourth-order valence-electron chi connectivity index (χ4n) is 1.62. The van der Waals surface area contributed by atoms with Crippen molar-refractivity contribution in [1.82, 2.24) is 10.3 Å². The van der Waals surface area contributed by atoms with Gasteiger partial charge in [-0.2, -0.15) is 0 Å². The summed E-state index contributed by atoms with van der Waals surface area (Å²) in [4.78, 5) is 4.06. The van der Waals surface area contributed by atoms with Crippen LogP contribution < -0.4 is 10.1 Å². The fraction of sp³-hybridized carbons (Fsp3) is 0.267. The average molecular weight is 313 g/mol. The number of nitrogens with zero attached hydrogens (tertiary/aromatic N) is 1. The minimum Gasteiger partial charge on any atom is -0.434 e. The highest BCUT2D eigenvalue weighted by Gasteiger charge is 2.11. The Labute approximate surface area is 126 Å². The lowest BCUT2D eigenvalue weighted by Gasteiger charge is -2.10. The Bertz CT molecular complexity index is 635. The zero-order valence-electron chi connectivity index (χ0n) is 11.7. The van der Waals surface area contributed by atoms with Crippen LogP contribution in [-0.4, -0.2) is 11.0 Å². The van der Waals surface area contributed by atoms with E-state index in [1.165, 1.54) is 6.07 Å². The third-order valence-electron chi connectivity index (χ3n) is 2.68. The second kappa shape index (κ2) is 6.83. The van der Waals surface area contributed by atoms with Crippen LogP contribution in [0.4, 0.5) is 8.78 Å². The number of pyridine rings is 1. The summed E-state index contributed by atoms with van der Waals surface area (Å²) in [5.74, 6) is -1.53. The third-order valence-corrected chi connectivity index (χ3v) is 2.95. The summed E-state index contributed by atoms with van der Waals surface area (Å²) in [5, 5.41) is 3.50. The van der Waals surface area contributed by atoms with E-state index in [0.717, 1.165) is 17.7 Å². The topological polar surface area (TPSA) is 34.2 Å². The molecule has 2 aromatic rings. The van der Waals surface area contributed by atoms with Crippen LogP contribution in [0.15, 0.2) is 30.5 Å². The molecule has 0 unspecified atom stereocenters. The molecule has 0 fully saturated rings. The fourth-order valence-corrected chi connectivity index (χ4v) is 1.85. The van der Waals surface area contributed by atoms with Crippen molar-refractivity contribution >= 4 is 11.6 Å². The molecule has 112 valence electrons. The van der Waals surface area contributed by atoms with Crippen LogP contribution in [0, 0.1) is 11.6 Å². The van der Waals surface area contributed by atoms with Gasteiger partial charge in [0, 0.05) is 24.8 Å². The van der Waals surface area contributed by atoms with Gasteiger partial charge in [0.05, 0.1) is 0 Å². The van der Waals surface area contributed by atoms with Crippen molar-refractivity contribution in [2.75, 3.05) is 0 Å². The SMILES string of the molecule is CC(C)NCc1cnc(Oc2ccc(F)cc2F)c(Cl)c1. The van der Waals surface area contributed by atoms with Gasteiger partial charge in [0.2, 0.25) is 5.88 Å². The predicted molar refractivity (Wildman–Crippen MR) is 77.7 cm³/mol. The Morgan fingerprint density at radius 2 is 2.05 bits per heavy atom. The molecular weight excluding hydrogens is 298 g/mol. The maximum Gasteiger partial charge on any atom is 0.238 e. The maximum atomic E-state index is 13.5. The normalized spacial score (nSPS) is 11.0. The molecule has 21 heavy (non-hydrogen) atoms. The second-order valence-corrected chi connectivity index (χ2v) is 5.25. The number of hydrogen-bond donors (Lipinski definition) is 1. The van der Waals surface area contributed by atoms with Crippen molar-refractivity contribution in [3.8, 4) is 11.6 Å². The first-order valence-corrected chi connectivity index (χ1v) is 6.84. The lowest BCUT2D eigenvalue weighted by Crippen LogP contribution is -2.21. The average Bonchev–Trinajstić information content (AvgIpc) is 2.42. The van der Waals surface area contributed by atoms with Crippen molar-refractivity contribution in [3.63, 3.8) is 0 Å². The van der Waals surface area contributed by atoms with E-state index in [1.54, 1.807) is 12.3 Å². The van der Waals surface area contributed by atoms with Crippen LogP contribution >= 0.6 is 11.6 Å². The molecule has 0 aliphatic carbocycles. The van der Waals surface area contributed by atoms with Crippen LogP contribution in [0.3, 0.4) is 0 Å². The van der Waals surface area contributed by atoms with Gasteiger partial charge in [-0.15, -0.1) is 0 Å². The first-order valence-electron chi connectivity index (χ1n) is 6.46. The van der Waals surface area contributed by atoms with Gasteiger partial charge in [-0.1, -0.05) is 25.4 Å².